The molecule has 0 saturated heterocycles. The number of hydrogen-bond donors (Lipinski definition) is 0. The van der Waals surface area contributed by atoms with Crippen molar-refractivity contribution in [3.05, 3.63) is 32.3 Å². The van der Waals surface area contributed by atoms with Gasteiger partial charge in [0.25, 0.3) is 0 Å². The van der Waals surface area contributed by atoms with Crippen molar-refractivity contribution in [2.45, 2.75) is 13.5 Å². The van der Waals surface area contributed by atoms with E-state index in [2.05, 4.69) is 20.7 Å². The van der Waals surface area contributed by atoms with Crippen molar-refractivity contribution in [3.63, 3.8) is 0 Å². The van der Waals surface area contributed by atoms with E-state index in [1.807, 2.05) is 0 Å². The number of ketones is 1. The highest BCUT2D eigenvalue weighted by Crippen LogP contribution is 2.37. The monoisotopic (exact) mass is 309 g/mol. The van der Waals surface area contributed by atoms with Gasteiger partial charge in [0.2, 0.25) is 5.75 Å². The van der Waals surface area contributed by atoms with E-state index >= 15 is 0 Å². The van der Waals surface area contributed by atoms with E-state index < -0.39 is 28.8 Å². The fourth-order valence-corrected chi connectivity index (χ4v) is 1.73. The number of halogens is 3. The Bertz CT molecular complexity index is 478. The van der Waals surface area contributed by atoms with E-state index in [1.165, 1.54) is 13.0 Å². The molecule has 0 heterocycles. The van der Waals surface area contributed by atoms with E-state index in [-0.39, 0.29) is 10.0 Å². The molecule has 0 unspecified atom stereocenters. The molecule has 0 aromatic heterocycles. The molecular formula is C9H6BrF2NO4. The second-order valence-corrected chi connectivity index (χ2v) is 3.85. The minimum Gasteiger partial charge on any atom is -0.427 e. The molecule has 8 heteroatoms. The summed E-state index contributed by atoms with van der Waals surface area (Å²) in [4.78, 5) is 20.9. The van der Waals surface area contributed by atoms with Crippen molar-refractivity contribution in [1.82, 2.24) is 0 Å². The molecule has 1 rings (SSSR count). The van der Waals surface area contributed by atoms with Crippen molar-refractivity contribution in [2.24, 2.45) is 0 Å². The van der Waals surface area contributed by atoms with Crippen LogP contribution in [0.25, 0.3) is 0 Å². The van der Waals surface area contributed by atoms with Gasteiger partial charge in [-0.05, 0) is 35.0 Å². The maximum Gasteiger partial charge on any atom is 0.387 e. The van der Waals surface area contributed by atoms with Gasteiger partial charge in [-0.2, -0.15) is 8.78 Å². The smallest absolute Gasteiger partial charge is 0.387 e. The first-order valence-electron chi connectivity index (χ1n) is 4.26. The normalized spacial score (nSPS) is 10.4. The molecule has 17 heavy (non-hydrogen) atoms. The van der Waals surface area contributed by atoms with Gasteiger partial charge in [0.1, 0.15) is 0 Å². The molecule has 0 spiro atoms. The lowest BCUT2D eigenvalue weighted by molar-refractivity contribution is -0.387. The van der Waals surface area contributed by atoms with Crippen molar-refractivity contribution < 1.29 is 23.2 Å². The third-order valence-electron chi connectivity index (χ3n) is 1.83. The third-order valence-corrected chi connectivity index (χ3v) is 2.44. The summed E-state index contributed by atoms with van der Waals surface area (Å²) in [7, 11) is 0. The number of nitrogens with zero attached hydrogens (tertiary/aromatic N) is 1. The summed E-state index contributed by atoms with van der Waals surface area (Å²) in [6, 6.07) is 2.09. The first-order valence-corrected chi connectivity index (χ1v) is 5.06. The molecule has 0 aliphatic rings. The zero-order valence-electron chi connectivity index (χ0n) is 8.45. The Morgan fingerprint density at radius 1 is 1.53 bits per heavy atom. The van der Waals surface area contributed by atoms with E-state index in [9.17, 15) is 23.7 Å². The molecule has 1 aromatic rings. The molecule has 1 aromatic carbocycles. The molecule has 92 valence electrons. The highest BCUT2D eigenvalue weighted by atomic mass is 79.9. The summed E-state index contributed by atoms with van der Waals surface area (Å²) < 4.78 is 28.1. The van der Waals surface area contributed by atoms with Gasteiger partial charge in [0, 0.05) is 5.56 Å². The molecule has 0 aliphatic carbocycles. The van der Waals surface area contributed by atoms with Crippen molar-refractivity contribution in [3.8, 4) is 5.75 Å². The van der Waals surface area contributed by atoms with Crippen molar-refractivity contribution in [2.75, 3.05) is 0 Å². The molecular weight excluding hydrogens is 304 g/mol. The Morgan fingerprint density at radius 2 is 2.12 bits per heavy atom. The summed E-state index contributed by atoms with van der Waals surface area (Å²) in [6.07, 6.45) is 0. The Kier molecular flexibility index (Phi) is 4.11. The van der Waals surface area contributed by atoms with E-state index in [1.54, 1.807) is 0 Å². The van der Waals surface area contributed by atoms with Crippen LogP contribution in [-0.2, 0) is 0 Å². The van der Waals surface area contributed by atoms with Crippen LogP contribution in [0.3, 0.4) is 0 Å². The fraction of sp³-hybridized carbons (Fsp3) is 0.222. The van der Waals surface area contributed by atoms with Crippen molar-refractivity contribution >= 4 is 27.4 Å². The number of carbonyl (C=O) groups excluding carboxylic acids is 1. The van der Waals surface area contributed by atoms with Gasteiger partial charge in [0.05, 0.1) is 9.40 Å². The number of carbonyl (C=O) groups is 1. The fourth-order valence-electron chi connectivity index (χ4n) is 1.14. The van der Waals surface area contributed by atoms with Gasteiger partial charge in [-0.15, -0.1) is 0 Å². The lowest BCUT2D eigenvalue weighted by Crippen LogP contribution is -2.06. The Labute approximate surface area is 103 Å². The zero-order valence-corrected chi connectivity index (χ0v) is 10.0. The minimum atomic E-state index is -3.21. The van der Waals surface area contributed by atoms with Crippen LogP contribution >= 0.6 is 15.9 Å². The zero-order chi connectivity index (χ0) is 13.2. The second-order valence-electron chi connectivity index (χ2n) is 3.00. The van der Waals surface area contributed by atoms with Gasteiger partial charge in [-0.3, -0.25) is 14.9 Å². The summed E-state index contributed by atoms with van der Waals surface area (Å²) in [5.41, 5.74) is -0.603. The van der Waals surface area contributed by atoms with Crippen LogP contribution in [0.4, 0.5) is 14.5 Å². The molecule has 0 radical (unpaired) electrons. The first kappa shape index (κ1) is 13.5. The number of rotatable bonds is 4. The summed E-state index contributed by atoms with van der Waals surface area (Å²) in [5, 5.41) is 10.7. The molecule has 0 saturated carbocycles. The predicted octanol–water partition coefficient (Wildman–Crippen LogP) is 3.16. The summed E-state index contributed by atoms with van der Waals surface area (Å²) in [5.74, 6) is -1.07. The van der Waals surface area contributed by atoms with Crippen LogP contribution in [0.15, 0.2) is 16.6 Å². The lowest BCUT2D eigenvalue weighted by Gasteiger charge is -2.07. The summed E-state index contributed by atoms with van der Waals surface area (Å²) in [6.45, 7) is -2.00. The molecule has 0 bridgehead atoms. The van der Waals surface area contributed by atoms with Gasteiger partial charge >= 0.3 is 12.3 Å². The molecule has 0 fully saturated rings. The average molecular weight is 310 g/mol. The lowest BCUT2D eigenvalue weighted by atomic mass is 10.1. The standard InChI is InChI=1S/C9H6BrF2NO4/c1-4(14)5-2-6(10)8(13(15)16)7(3-5)17-9(11)12/h2-3,9H,1H3. The van der Waals surface area contributed by atoms with Crippen LogP contribution in [0.5, 0.6) is 5.75 Å². The van der Waals surface area contributed by atoms with E-state index in [0.29, 0.717) is 0 Å². The maximum absolute atomic E-state index is 12.1. The molecule has 0 N–H and O–H groups in total. The molecule has 5 nitrogen and oxygen atoms in total. The largest absolute Gasteiger partial charge is 0.427 e. The Balaban J connectivity index is 3.39. The molecule has 0 aliphatic heterocycles. The number of Topliss-reactive ketones (excluding diaryl/α,β-unsaturated/α-hetero) is 1. The average Bonchev–Trinajstić information content (AvgIpc) is 2.14. The molecule has 0 amide bonds. The Hall–Kier alpha value is -1.57. The number of nitro groups is 1. The Morgan fingerprint density at radius 3 is 2.53 bits per heavy atom. The highest BCUT2D eigenvalue weighted by Gasteiger charge is 2.24. The first-order chi connectivity index (χ1) is 7.82. The highest BCUT2D eigenvalue weighted by molar-refractivity contribution is 9.10. The van der Waals surface area contributed by atoms with E-state index in [4.69, 9.17) is 0 Å². The predicted molar refractivity (Wildman–Crippen MR) is 57.4 cm³/mol. The van der Waals surface area contributed by atoms with Crippen LogP contribution in [0.1, 0.15) is 17.3 Å². The number of alkyl halides is 2. The van der Waals surface area contributed by atoms with Crippen LogP contribution in [0.2, 0.25) is 0 Å². The molecule has 0 atom stereocenters. The van der Waals surface area contributed by atoms with Gasteiger partial charge in [0.15, 0.2) is 5.78 Å². The SMILES string of the molecule is CC(=O)c1cc(Br)c([N+](=O)[O-])c(OC(F)F)c1. The number of benzene rings is 1. The topological polar surface area (TPSA) is 69.4 Å². The minimum absolute atomic E-state index is 0.0399. The quantitative estimate of drug-likeness (QED) is 0.486. The number of hydrogen-bond acceptors (Lipinski definition) is 4. The van der Waals surface area contributed by atoms with Gasteiger partial charge in [-0.25, -0.2) is 0 Å². The number of nitro benzene ring substituents is 1. The van der Waals surface area contributed by atoms with Crippen LogP contribution in [-0.4, -0.2) is 17.3 Å². The maximum atomic E-state index is 12.1. The van der Waals surface area contributed by atoms with Crippen molar-refractivity contribution in [1.29, 1.82) is 0 Å². The van der Waals surface area contributed by atoms with Gasteiger partial charge < -0.3 is 4.74 Å². The summed E-state index contributed by atoms with van der Waals surface area (Å²) >= 11 is 2.84. The third kappa shape index (κ3) is 3.19. The second kappa shape index (κ2) is 5.17. The van der Waals surface area contributed by atoms with E-state index in [0.717, 1.165) is 6.07 Å². The van der Waals surface area contributed by atoms with Gasteiger partial charge in [-0.1, -0.05) is 0 Å². The van der Waals surface area contributed by atoms with Crippen LogP contribution < -0.4 is 4.74 Å². The number of ether oxygens (including phenoxy) is 1. The van der Waals surface area contributed by atoms with Crippen LogP contribution in [0, 0.1) is 10.1 Å².